The first kappa shape index (κ1) is 18.2. The minimum Gasteiger partial charge on any atom is -0.493 e. The molecule has 3 rings (SSSR count). The van der Waals surface area contributed by atoms with Crippen molar-refractivity contribution < 1.29 is 9.47 Å². The number of benzene rings is 2. The van der Waals surface area contributed by atoms with Crippen LogP contribution in [0.3, 0.4) is 0 Å². The fourth-order valence-corrected chi connectivity index (χ4v) is 3.29. The average molecular weight is 351 g/mol. The normalized spacial score (nSPS) is 15.8. The highest BCUT2D eigenvalue weighted by atomic mass is 16.5. The number of rotatable bonds is 7. The van der Waals surface area contributed by atoms with Gasteiger partial charge in [0.15, 0.2) is 11.5 Å². The van der Waals surface area contributed by atoms with E-state index in [1.165, 1.54) is 0 Å². The molecule has 26 heavy (non-hydrogen) atoms. The van der Waals surface area contributed by atoms with Crippen LogP contribution in [0.1, 0.15) is 23.6 Å². The quantitative estimate of drug-likeness (QED) is 0.830. The lowest BCUT2D eigenvalue weighted by atomic mass is 10.0. The highest BCUT2D eigenvalue weighted by Crippen LogP contribution is 2.34. The summed E-state index contributed by atoms with van der Waals surface area (Å²) in [6.07, 6.45) is 0.463. The van der Waals surface area contributed by atoms with Crippen LogP contribution < -0.4 is 14.8 Å². The SMILES string of the molecule is COc1ccc([C@H](CC#N)N2CCNCC2)cc1OCc1ccccc1. The Bertz CT molecular complexity index is 737. The topological polar surface area (TPSA) is 57.5 Å². The Morgan fingerprint density at radius 3 is 2.58 bits per heavy atom. The van der Waals surface area contributed by atoms with Crippen LogP contribution in [-0.4, -0.2) is 38.2 Å². The first-order valence-corrected chi connectivity index (χ1v) is 8.98. The van der Waals surface area contributed by atoms with Gasteiger partial charge in [-0.05, 0) is 23.3 Å². The molecule has 0 amide bonds. The minimum absolute atomic E-state index is 0.0760. The van der Waals surface area contributed by atoms with E-state index in [0.717, 1.165) is 37.3 Å². The summed E-state index contributed by atoms with van der Waals surface area (Å²) in [4.78, 5) is 2.36. The predicted octanol–water partition coefficient (Wildman–Crippen LogP) is 3.13. The first-order chi connectivity index (χ1) is 12.8. The van der Waals surface area contributed by atoms with Crippen LogP contribution in [0.5, 0.6) is 11.5 Å². The third-order valence-electron chi connectivity index (χ3n) is 4.69. The maximum Gasteiger partial charge on any atom is 0.161 e. The number of nitriles is 1. The molecule has 1 aliphatic rings. The molecule has 1 saturated heterocycles. The summed E-state index contributed by atoms with van der Waals surface area (Å²) in [5.41, 5.74) is 2.20. The van der Waals surface area contributed by atoms with Crippen LogP contribution in [0.25, 0.3) is 0 Å². The third-order valence-corrected chi connectivity index (χ3v) is 4.69. The van der Waals surface area contributed by atoms with Crippen LogP contribution in [0.2, 0.25) is 0 Å². The lowest BCUT2D eigenvalue weighted by Gasteiger charge is -2.34. The number of methoxy groups -OCH3 is 1. The molecule has 136 valence electrons. The summed E-state index contributed by atoms with van der Waals surface area (Å²) in [5.74, 6) is 1.42. The zero-order valence-electron chi connectivity index (χ0n) is 15.1. The zero-order valence-corrected chi connectivity index (χ0v) is 15.1. The van der Waals surface area contributed by atoms with Gasteiger partial charge in [-0.25, -0.2) is 0 Å². The van der Waals surface area contributed by atoms with Gasteiger partial charge in [-0.1, -0.05) is 36.4 Å². The summed E-state index contributed by atoms with van der Waals surface area (Å²) >= 11 is 0. The molecule has 1 aliphatic heterocycles. The Kier molecular flexibility index (Phi) is 6.48. The molecule has 0 bridgehead atoms. The van der Waals surface area contributed by atoms with Gasteiger partial charge < -0.3 is 14.8 Å². The fraction of sp³-hybridized carbons (Fsp3) is 0.381. The van der Waals surface area contributed by atoms with E-state index in [9.17, 15) is 5.26 Å². The predicted molar refractivity (Wildman–Crippen MR) is 101 cm³/mol. The highest BCUT2D eigenvalue weighted by molar-refractivity contribution is 5.44. The molecular weight excluding hydrogens is 326 g/mol. The summed E-state index contributed by atoms with van der Waals surface area (Å²) in [6, 6.07) is 18.5. The Balaban J connectivity index is 1.81. The Labute approximate surface area is 155 Å². The minimum atomic E-state index is 0.0760. The largest absolute Gasteiger partial charge is 0.493 e. The van der Waals surface area contributed by atoms with E-state index in [4.69, 9.17) is 9.47 Å². The lowest BCUT2D eigenvalue weighted by molar-refractivity contribution is 0.175. The van der Waals surface area contributed by atoms with Crippen molar-refractivity contribution in [3.63, 3.8) is 0 Å². The molecule has 2 aromatic rings. The van der Waals surface area contributed by atoms with E-state index in [-0.39, 0.29) is 6.04 Å². The molecule has 5 nitrogen and oxygen atoms in total. The van der Waals surface area contributed by atoms with Crippen molar-refractivity contribution in [3.05, 3.63) is 59.7 Å². The molecule has 0 saturated carbocycles. The van der Waals surface area contributed by atoms with E-state index < -0.39 is 0 Å². The zero-order chi connectivity index (χ0) is 18.2. The van der Waals surface area contributed by atoms with Gasteiger partial charge >= 0.3 is 0 Å². The molecule has 5 heteroatoms. The number of piperazine rings is 1. The van der Waals surface area contributed by atoms with Gasteiger partial charge in [0, 0.05) is 32.2 Å². The number of ether oxygens (including phenoxy) is 2. The van der Waals surface area contributed by atoms with Crippen molar-refractivity contribution in [2.45, 2.75) is 19.1 Å². The Morgan fingerprint density at radius 2 is 1.88 bits per heavy atom. The highest BCUT2D eigenvalue weighted by Gasteiger charge is 2.23. The summed E-state index contributed by atoms with van der Waals surface area (Å²) < 4.78 is 11.5. The van der Waals surface area contributed by atoms with E-state index >= 15 is 0 Å². The molecule has 2 aromatic carbocycles. The fourth-order valence-electron chi connectivity index (χ4n) is 3.29. The molecule has 1 atom stereocenters. The van der Waals surface area contributed by atoms with E-state index in [1.54, 1.807) is 7.11 Å². The molecule has 1 fully saturated rings. The van der Waals surface area contributed by atoms with Gasteiger partial charge in [-0.15, -0.1) is 0 Å². The van der Waals surface area contributed by atoms with Gasteiger partial charge in [0.25, 0.3) is 0 Å². The van der Waals surface area contributed by atoms with Crippen molar-refractivity contribution in [3.8, 4) is 17.6 Å². The number of nitrogens with one attached hydrogen (secondary N) is 1. The molecule has 1 N–H and O–H groups in total. The summed E-state index contributed by atoms with van der Waals surface area (Å²) in [5, 5.41) is 12.7. The molecule has 0 spiro atoms. The molecule has 0 unspecified atom stereocenters. The number of hydrogen-bond donors (Lipinski definition) is 1. The standard InChI is InChI=1S/C21H25N3O2/c1-25-20-8-7-18(19(9-10-22)24-13-11-23-12-14-24)15-21(20)26-16-17-5-3-2-4-6-17/h2-8,15,19,23H,9,11-14,16H2,1H3/t19-/m0/s1. The van der Waals surface area contributed by atoms with Gasteiger partial charge in [0.2, 0.25) is 0 Å². The van der Waals surface area contributed by atoms with E-state index in [0.29, 0.717) is 24.5 Å². The maximum absolute atomic E-state index is 9.30. The van der Waals surface area contributed by atoms with Crippen molar-refractivity contribution in [2.75, 3.05) is 33.3 Å². The Hall–Kier alpha value is -2.55. The average Bonchev–Trinajstić information content (AvgIpc) is 2.71. The number of hydrogen-bond acceptors (Lipinski definition) is 5. The Morgan fingerprint density at radius 1 is 1.12 bits per heavy atom. The lowest BCUT2D eigenvalue weighted by Crippen LogP contribution is -2.45. The molecule has 0 radical (unpaired) electrons. The monoisotopic (exact) mass is 351 g/mol. The van der Waals surface area contributed by atoms with Gasteiger partial charge in [0.05, 0.1) is 19.6 Å². The molecule has 1 heterocycles. The number of nitrogens with zero attached hydrogens (tertiary/aromatic N) is 2. The van der Waals surface area contributed by atoms with Crippen LogP contribution in [0, 0.1) is 11.3 Å². The molecular formula is C21H25N3O2. The molecule has 0 aliphatic carbocycles. The van der Waals surface area contributed by atoms with Gasteiger partial charge in [-0.2, -0.15) is 5.26 Å². The van der Waals surface area contributed by atoms with Gasteiger partial charge in [0.1, 0.15) is 6.61 Å². The summed E-state index contributed by atoms with van der Waals surface area (Å²) in [6.45, 7) is 4.28. The van der Waals surface area contributed by atoms with Crippen molar-refractivity contribution >= 4 is 0 Å². The summed E-state index contributed by atoms with van der Waals surface area (Å²) in [7, 11) is 1.65. The second-order valence-corrected chi connectivity index (χ2v) is 6.35. The van der Waals surface area contributed by atoms with Crippen LogP contribution >= 0.6 is 0 Å². The third kappa shape index (κ3) is 4.54. The van der Waals surface area contributed by atoms with Crippen molar-refractivity contribution in [2.24, 2.45) is 0 Å². The second-order valence-electron chi connectivity index (χ2n) is 6.35. The maximum atomic E-state index is 9.30. The van der Waals surface area contributed by atoms with Gasteiger partial charge in [-0.3, -0.25) is 4.90 Å². The first-order valence-electron chi connectivity index (χ1n) is 8.98. The van der Waals surface area contributed by atoms with E-state index in [1.807, 2.05) is 48.5 Å². The smallest absolute Gasteiger partial charge is 0.161 e. The second kappa shape index (κ2) is 9.23. The molecule has 0 aromatic heterocycles. The van der Waals surface area contributed by atoms with Crippen molar-refractivity contribution in [1.29, 1.82) is 5.26 Å². The van der Waals surface area contributed by atoms with Crippen molar-refractivity contribution in [1.82, 2.24) is 10.2 Å². The van der Waals surface area contributed by atoms with Crippen LogP contribution in [0.15, 0.2) is 48.5 Å². The van der Waals surface area contributed by atoms with Crippen LogP contribution in [-0.2, 0) is 6.61 Å². The van der Waals surface area contributed by atoms with E-state index in [2.05, 4.69) is 16.3 Å². The van der Waals surface area contributed by atoms with Crippen LogP contribution in [0.4, 0.5) is 0 Å².